The molecule has 0 spiro atoms. The number of rotatable bonds is 17. The third-order valence-electron chi connectivity index (χ3n) is 10.3. The Bertz CT molecular complexity index is 2120. The third kappa shape index (κ3) is 10.3. The Balaban J connectivity index is 1.31. The number of hydrogen-bond acceptors (Lipinski definition) is 5. The molecule has 0 saturated heterocycles. The van der Waals surface area contributed by atoms with Crippen LogP contribution in [0.1, 0.15) is 51.4 Å². The highest BCUT2D eigenvalue weighted by Crippen LogP contribution is 2.41. The van der Waals surface area contributed by atoms with E-state index in [0.29, 0.717) is 24.7 Å². The first kappa shape index (κ1) is 39.4. The number of aryl methyl sites for hydroxylation is 1. The quantitative estimate of drug-likeness (QED) is 0.100. The predicted molar refractivity (Wildman–Crippen MR) is 224 cm³/mol. The SMILES string of the molecule is CCc1ccc(Cc2cc(C3=CC(O)(COCc4ccccc4)C(OCc4ccccc4)C(OCc4ccccc4)C3OCc3ccccc3)ccc2Cl)cc1. The van der Waals surface area contributed by atoms with Crippen molar-refractivity contribution >= 4 is 17.2 Å². The number of hydrogen-bond donors (Lipinski definition) is 1. The maximum absolute atomic E-state index is 13.0. The van der Waals surface area contributed by atoms with Gasteiger partial charge in [-0.2, -0.15) is 0 Å². The second-order valence-corrected chi connectivity index (χ2v) is 14.8. The summed E-state index contributed by atoms with van der Waals surface area (Å²) in [5, 5.41) is 13.7. The van der Waals surface area contributed by atoms with E-state index in [9.17, 15) is 5.11 Å². The van der Waals surface area contributed by atoms with E-state index in [1.807, 2.05) is 140 Å². The molecule has 1 aliphatic carbocycles. The van der Waals surface area contributed by atoms with Gasteiger partial charge in [-0.3, -0.25) is 0 Å². The van der Waals surface area contributed by atoms with Gasteiger partial charge in [-0.05, 0) is 81.1 Å². The highest BCUT2D eigenvalue weighted by Gasteiger charge is 2.51. The van der Waals surface area contributed by atoms with Crippen molar-refractivity contribution in [2.24, 2.45) is 0 Å². The second-order valence-electron chi connectivity index (χ2n) is 14.4. The van der Waals surface area contributed by atoms with Gasteiger partial charge in [0.1, 0.15) is 23.9 Å². The van der Waals surface area contributed by atoms with E-state index in [4.69, 9.17) is 30.5 Å². The molecule has 56 heavy (non-hydrogen) atoms. The van der Waals surface area contributed by atoms with E-state index in [0.717, 1.165) is 45.4 Å². The monoisotopic (exact) mass is 764 g/mol. The third-order valence-corrected chi connectivity index (χ3v) is 10.6. The summed E-state index contributed by atoms with van der Waals surface area (Å²) in [5.41, 5.74) is 7.49. The predicted octanol–water partition coefficient (Wildman–Crippen LogP) is 10.6. The Morgan fingerprint density at radius 1 is 0.554 bits per heavy atom. The van der Waals surface area contributed by atoms with Crippen LogP contribution in [0.3, 0.4) is 0 Å². The Kier molecular flexibility index (Phi) is 13.6. The highest BCUT2D eigenvalue weighted by atomic mass is 35.5. The normalized spacial score (nSPS) is 19.4. The summed E-state index contributed by atoms with van der Waals surface area (Å²) in [5.74, 6) is 0. The number of ether oxygens (including phenoxy) is 4. The lowest BCUT2D eigenvalue weighted by Gasteiger charge is -2.46. The molecule has 0 amide bonds. The summed E-state index contributed by atoms with van der Waals surface area (Å²) in [6.07, 6.45) is 1.28. The highest BCUT2D eigenvalue weighted by molar-refractivity contribution is 6.31. The van der Waals surface area contributed by atoms with Crippen LogP contribution in [0.25, 0.3) is 5.57 Å². The van der Waals surface area contributed by atoms with Gasteiger partial charge < -0.3 is 24.1 Å². The lowest BCUT2D eigenvalue weighted by atomic mass is 9.77. The van der Waals surface area contributed by atoms with Crippen molar-refractivity contribution in [3.63, 3.8) is 0 Å². The zero-order chi connectivity index (χ0) is 38.6. The summed E-state index contributed by atoms with van der Waals surface area (Å²) in [6.45, 7) is 3.32. The van der Waals surface area contributed by atoms with E-state index in [1.54, 1.807) is 0 Å². The largest absolute Gasteiger partial charge is 0.380 e. The van der Waals surface area contributed by atoms with E-state index in [-0.39, 0.29) is 19.8 Å². The van der Waals surface area contributed by atoms with Crippen molar-refractivity contribution in [3.8, 4) is 0 Å². The fourth-order valence-electron chi connectivity index (χ4n) is 7.22. The lowest BCUT2D eigenvalue weighted by molar-refractivity contribution is -0.206. The van der Waals surface area contributed by atoms with Crippen molar-refractivity contribution in [3.05, 3.63) is 219 Å². The Labute approximate surface area is 336 Å². The Morgan fingerprint density at radius 2 is 1.05 bits per heavy atom. The van der Waals surface area contributed by atoms with Crippen LogP contribution in [-0.2, 0) is 58.2 Å². The van der Waals surface area contributed by atoms with Crippen molar-refractivity contribution < 1.29 is 24.1 Å². The minimum atomic E-state index is -1.61. The average molecular weight is 765 g/mol. The maximum atomic E-state index is 13.0. The van der Waals surface area contributed by atoms with Gasteiger partial charge in [0.05, 0.1) is 33.0 Å². The smallest absolute Gasteiger partial charge is 0.135 e. The van der Waals surface area contributed by atoms with Gasteiger partial charge in [-0.15, -0.1) is 0 Å². The number of halogens is 1. The fraction of sp³-hybridized carbons (Fsp3) is 0.240. The van der Waals surface area contributed by atoms with Gasteiger partial charge >= 0.3 is 0 Å². The van der Waals surface area contributed by atoms with Gasteiger partial charge in [0.25, 0.3) is 0 Å². The molecule has 1 aliphatic rings. The summed E-state index contributed by atoms with van der Waals surface area (Å²) >= 11 is 6.91. The van der Waals surface area contributed by atoms with Gasteiger partial charge in [-0.25, -0.2) is 0 Å². The molecule has 4 atom stereocenters. The molecule has 0 fully saturated rings. The molecule has 0 bridgehead atoms. The number of benzene rings is 6. The van der Waals surface area contributed by atoms with E-state index < -0.39 is 23.9 Å². The van der Waals surface area contributed by atoms with Crippen LogP contribution in [0.2, 0.25) is 5.02 Å². The molecule has 0 saturated carbocycles. The topological polar surface area (TPSA) is 57.2 Å². The molecule has 6 aromatic rings. The molecule has 5 nitrogen and oxygen atoms in total. The summed E-state index contributed by atoms with van der Waals surface area (Å²) in [6, 6.07) is 54.8. The van der Waals surface area contributed by atoms with Crippen molar-refractivity contribution in [2.45, 2.75) is 70.1 Å². The molecule has 1 N–H and O–H groups in total. The summed E-state index contributed by atoms with van der Waals surface area (Å²) in [7, 11) is 0. The summed E-state index contributed by atoms with van der Waals surface area (Å²) in [4.78, 5) is 0. The first-order valence-electron chi connectivity index (χ1n) is 19.4. The molecule has 4 unspecified atom stereocenters. The van der Waals surface area contributed by atoms with E-state index >= 15 is 0 Å². The van der Waals surface area contributed by atoms with Gasteiger partial charge in [0.2, 0.25) is 0 Å². The van der Waals surface area contributed by atoms with Crippen LogP contribution in [0.4, 0.5) is 0 Å². The zero-order valence-corrected chi connectivity index (χ0v) is 32.6. The maximum Gasteiger partial charge on any atom is 0.135 e. The van der Waals surface area contributed by atoms with Crippen molar-refractivity contribution in [2.75, 3.05) is 6.61 Å². The van der Waals surface area contributed by atoms with Gasteiger partial charge in [-0.1, -0.05) is 170 Å². The summed E-state index contributed by atoms with van der Waals surface area (Å²) < 4.78 is 27.0. The van der Waals surface area contributed by atoms with Gasteiger partial charge in [0.15, 0.2) is 0 Å². The zero-order valence-electron chi connectivity index (χ0n) is 31.8. The second kappa shape index (κ2) is 19.3. The molecular formula is C50H49ClO5. The van der Waals surface area contributed by atoms with Crippen LogP contribution < -0.4 is 0 Å². The fourth-order valence-corrected chi connectivity index (χ4v) is 7.40. The average Bonchev–Trinajstić information content (AvgIpc) is 3.24. The van der Waals surface area contributed by atoms with E-state index in [1.165, 1.54) is 11.1 Å². The molecule has 6 aromatic carbocycles. The Hall–Kier alpha value is -4.85. The molecule has 286 valence electrons. The first-order chi connectivity index (χ1) is 27.5. The van der Waals surface area contributed by atoms with Crippen LogP contribution >= 0.6 is 11.6 Å². The Morgan fingerprint density at radius 3 is 1.61 bits per heavy atom. The molecular weight excluding hydrogens is 716 g/mol. The van der Waals surface area contributed by atoms with Crippen molar-refractivity contribution in [1.29, 1.82) is 0 Å². The molecule has 6 heteroatoms. The van der Waals surface area contributed by atoms with Crippen LogP contribution in [0.15, 0.2) is 170 Å². The molecule has 0 aromatic heterocycles. The standard InChI is InChI=1S/C50H49ClO5/c1-2-37-23-25-38(26-24-37)29-44-30-43(27-28-46(44)51)45-31-50(52,36-53-32-39-15-7-3-8-16-39)49(56-35-42-21-13-6-14-22-42)48(55-34-41-19-11-5-12-20-41)47(45)54-33-40-17-9-4-10-18-40/h3-28,30-31,47-49,52H,2,29,32-36H2,1H3. The minimum absolute atomic E-state index is 0.0360. The molecule has 0 aliphatic heterocycles. The number of aliphatic hydroxyl groups is 1. The van der Waals surface area contributed by atoms with Crippen LogP contribution in [0.5, 0.6) is 0 Å². The lowest BCUT2D eigenvalue weighted by Crippen LogP contribution is -2.60. The molecule has 0 radical (unpaired) electrons. The molecule has 0 heterocycles. The van der Waals surface area contributed by atoms with Crippen LogP contribution in [0, 0.1) is 0 Å². The minimum Gasteiger partial charge on any atom is -0.380 e. The molecule has 7 rings (SSSR count). The van der Waals surface area contributed by atoms with E-state index in [2.05, 4.69) is 37.3 Å². The first-order valence-corrected chi connectivity index (χ1v) is 19.8. The van der Waals surface area contributed by atoms with Gasteiger partial charge in [0, 0.05) is 5.02 Å². The van der Waals surface area contributed by atoms with Crippen LogP contribution in [-0.4, -0.2) is 35.6 Å². The van der Waals surface area contributed by atoms with Crippen molar-refractivity contribution in [1.82, 2.24) is 0 Å².